The Morgan fingerprint density at radius 3 is 2.80 bits per heavy atom. The van der Waals surface area contributed by atoms with Crippen LogP contribution in [0.25, 0.3) is 38.9 Å². The maximum atomic E-state index is 6.16. The molecule has 0 unspecified atom stereocenters. The van der Waals surface area contributed by atoms with Gasteiger partial charge >= 0.3 is 0 Å². The molecular formula is C18H13N7. The Morgan fingerprint density at radius 2 is 1.92 bits per heavy atom. The smallest absolute Gasteiger partial charge is 0.165 e. The topological polar surface area (TPSA) is 97.8 Å². The zero-order valence-corrected chi connectivity index (χ0v) is 13.1. The zero-order chi connectivity index (χ0) is 16.8. The third-order valence-electron chi connectivity index (χ3n) is 4.19. The number of H-pyrrole nitrogens is 1. The number of hydrogen-bond donors (Lipinski definition) is 2. The van der Waals surface area contributed by atoms with E-state index in [0.717, 1.165) is 33.3 Å². The number of pyridine rings is 1. The molecule has 0 radical (unpaired) electrons. The fourth-order valence-corrected chi connectivity index (χ4v) is 2.95. The normalized spacial score (nSPS) is 11.4. The molecular weight excluding hydrogens is 314 g/mol. The van der Waals surface area contributed by atoms with Crippen LogP contribution in [0.3, 0.4) is 0 Å². The second-order valence-corrected chi connectivity index (χ2v) is 5.76. The van der Waals surface area contributed by atoms with Gasteiger partial charge in [-0.25, -0.2) is 4.98 Å². The quantitative estimate of drug-likeness (QED) is 0.519. The highest BCUT2D eigenvalue weighted by atomic mass is 15.3. The van der Waals surface area contributed by atoms with Crippen LogP contribution in [0.1, 0.15) is 0 Å². The Balaban J connectivity index is 1.75. The lowest BCUT2D eigenvalue weighted by atomic mass is 10.1. The van der Waals surface area contributed by atoms with Gasteiger partial charge in [0.15, 0.2) is 5.65 Å². The molecule has 120 valence electrons. The van der Waals surface area contributed by atoms with Gasteiger partial charge in [-0.3, -0.25) is 10.1 Å². The minimum atomic E-state index is 0.515. The van der Waals surface area contributed by atoms with Crippen LogP contribution in [0.5, 0.6) is 0 Å². The standard InChI is InChI=1S/C18H13N7/c19-17-6-16(13-8-21-22-9-13)24-18-14(10-23-25(17)18)12-5-11-3-1-2-4-15(11)20-7-12/h1-10H,19H2,(H,21,22). The third-order valence-corrected chi connectivity index (χ3v) is 4.19. The summed E-state index contributed by atoms with van der Waals surface area (Å²) >= 11 is 0. The van der Waals surface area contributed by atoms with Crippen molar-refractivity contribution in [3.63, 3.8) is 0 Å². The highest BCUT2D eigenvalue weighted by Gasteiger charge is 2.13. The number of rotatable bonds is 2. The number of fused-ring (bicyclic) bond motifs is 2. The van der Waals surface area contributed by atoms with Gasteiger partial charge < -0.3 is 5.73 Å². The van der Waals surface area contributed by atoms with Crippen LogP contribution in [0.4, 0.5) is 5.82 Å². The summed E-state index contributed by atoms with van der Waals surface area (Å²) in [6, 6.07) is 11.9. The molecule has 0 spiro atoms. The Kier molecular flexibility index (Phi) is 2.81. The van der Waals surface area contributed by atoms with Crippen molar-refractivity contribution < 1.29 is 0 Å². The first kappa shape index (κ1) is 13.7. The van der Waals surface area contributed by atoms with Crippen LogP contribution in [-0.2, 0) is 0 Å². The number of hydrogen-bond acceptors (Lipinski definition) is 5. The Morgan fingerprint density at radius 1 is 1.00 bits per heavy atom. The van der Waals surface area contributed by atoms with Gasteiger partial charge in [0.25, 0.3) is 0 Å². The van der Waals surface area contributed by atoms with Crippen molar-refractivity contribution in [3.8, 4) is 22.4 Å². The summed E-state index contributed by atoms with van der Waals surface area (Å²) in [5.74, 6) is 0.515. The van der Waals surface area contributed by atoms with Crippen molar-refractivity contribution in [2.45, 2.75) is 0 Å². The largest absolute Gasteiger partial charge is 0.384 e. The summed E-state index contributed by atoms with van der Waals surface area (Å²) in [5.41, 5.74) is 11.3. The highest BCUT2D eigenvalue weighted by Crippen LogP contribution is 2.28. The van der Waals surface area contributed by atoms with E-state index in [9.17, 15) is 0 Å². The van der Waals surface area contributed by atoms with Gasteiger partial charge in [0, 0.05) is 40.5 Å². The van der Waals surface area contributed by atoms with Gasteiger partial charge in [-0.2, -0.15) is 14.7 Å². The summed E-state index contributed by atoms with van der Waals surface area (Å²) in [6.45, 7) is 0. The summed E-state index contributed by atoms with van der Waals surface area (Å²) in [4.78, 5) is 9.26. The van der Waals surface area contributed by atoms with E-state index >= 15 is 0 Å². The first-order chi connectivity index (χ1) is 12.3. The van der Waals surface area contributed by atoms with Crippen LogP contribution >= 0.6 is 0 Å². The number of nitrogens with two attached hydrogens (primary N) is 1. The minimum absolute atomic E-state index is 0.515. The Labute approximate surface area is 142 Å². The molecule has 0 amide bonds. The number of aromatic amines is 1. The molecule has 0 saturated carbocycles. The number of nitrogens with one attached hydrogen (secondary N) is 1. The van der Waals surface area contributed by atoms with E-state index in [4.69, 9.17) is 10.7 Å². The molecule has 5 rings (SSSR count). The summed E-state index contributed by atoms with van der Waals surface area (Å²) in [6.07, 6.45) is 7.10. The van der Waals surface area contributed by atoms with E-state index in [1.807, 2.05) is 30.5 Å². The molecule has 0 fully saturated rings. The van der Waals surface area contributed by atoms with Gasteiger partial charge in [-0.1, -0.05) is 18.2 Å². The van der Waals surface area contributed by atoms with Crippen LogP contribution in [0, 0.1) is 0 Å². The van der Waals surface area contributed by atoms with Crippen LogP contribution < -0.4 is 5.73 Å². The average molecular weight is 327 g/mol. The van der Waals surface area contributed by atoms with Crippen LogP contribution in [0.2, 0.25) is 0 Å². The molecule has 7 heteroatoms. The number of nitrogens with zero attached hydrogens (tertiary/aromatic N) is 5. The molecule has 4 heterocycles. The SMILES string of the molecule is Nc1cc(-c2cn[nH]c2)nc2c(-c3cnc4ccccc4c3)cnn12. The second-order valence-electron chi connectivity index (χ2n) is 5.76. The third kappa shape index (κ3) is 2.13. The first-order valence-corrected chi connectivity index (χ1v) is 7.78. The van der Waals surface area contributed by atoms with Gasteiger partial charge in [-0.05, 0) is 12.1 Å². The van der Waals surface area contributed by atoms with Crippen LogP contribution in [0.15, 0.2) is 61.2 Å². The van der Waals surface area contributed by atoms with Gasteiger partial charge in [-0.15, -0.1) is 0 Å². The summed E-state index contributed by atoms with van der Waals surface area (Å²) in [7, 11) is 0. The number of para-hydroxylation sites is 1. The number of nitrogen functional groups attached to an aromatic ring is 1. The minimum Gasteiger partial charge on any atom is -0.384 e. The fourth-order valence-electron chi connectivity index (χ4n) is 2.95. The van der Waals surface area contributed by atoms with E-state index in [0.29, 0.717) is 11.5 Å². The number of aromatic nitrogens is 6. The maximum Gasteiger partial charge on any atom is 0.165 e. The first-order valence-electron chi connectivity index (χ1n) is 7.78. The molecule has 5 aromatic rings. The van der Waals surface area contributed by atoms with Crippen molar-refractivity contribution >= 4 is 22.4 Å². The van der Waals surface area contributed by atoms with E-state index in [1.165, 1.54) is 0 Å². The van der Waals surface area contributed by atoms with E-state index < -0.39 is 0 Å². The summed E-state index contributed by atoms with van der Waals surface area (Å²) in [5, 5.41) is 12.2. The fraction of sp³-hybridized carbons (Fsp3) is 0. The van der Waals surface area contributed by atoms with Crippen molar-refractivity contribution in [2.24, 2.45) is 0 Å². The van der Waals surface area contributed by atoms with Crippen molar-refractivity contribution in [1.82, 2.24) is 29.8 Å². The van der Waals surface area contributed by atoms with Crippen molar-refractivity contribution in [2.75, 3.05) is 5.73 Å². The molecule has 4 aromatic heterocycles. The molecule has 0 bridgehead atoms. The van der Waals surface area contributed by atoms with Crippen LogP contribution in [-0.4, -0.2) is 29.8 Å². The van der Waals surface area contributed by atoms with Gasteiger partial charge in [0.05, 0.1) is 23.6 Å². The van der Waals surface area contributed by atoms with E-state index in [-0.39, 0.29) is 0 Å². The molecule has 0 atom stereocenters. The predicted octanol–water partition coefficient (Wildman–Crippen LogP) is 2.92. The van der Waals surface area contributed by atoms with E-state index in [1.54, 1.807) is 29.2 Å². The molecule has 7 nitrogen and oxygen atoms in total. The average Bonchev–Trinajstić information content (AvgIpc) is 3.31. The van der Waals surface area contributed by atoms with Gasteiger partial charge in [0.1, 0.15) is 5.82 Å². The van der Waals surface area contributed by atoms with E-state index in [2.05, 4.69) is 26.3 Å². The van der Waals surface area contributed by atoms with Gasteiger partial charge in [0.2, 0.25) is 0 Å². The molecule has 0 aliphatic carbocycles. The molecule has 3 N–H and O–H groups in total. The Hall–Kier alpha value is -3.74. The van der Waals surface area contributed by atoms with Crippen molar-refractivity contribution in [1.29, 1.82) is 0 Å². The second kappa shape index (κ2) is 5.13. The highest BCUT2D eigenvalue weighted by molar-refractivity contribution is 5.87. The Bertz CT molecular complexity index is 1210. The van der Waals surface area contributed by atoms with Crippen molar-refractivity contribution in [3.05, 3.63) is 61.2 Å². The monoisotopic (exact) mass is 327 g/mol. The molecule has 1 aromatic carbocycles. The number of anilines is 1. The summed E-state index contributed by atoms with van der Waals surface area (Å²) < 4.78 is 1.63. The lowest BCUT2D eigenvalue weighted by Crippen LogP contribution is -2.01. The zero-order valence-electron chi connectivity index (χ0n) is 13.1. The molecule has 0 aliphatic rings. The molecule has 25 heavy (non-hydrogen) atoms. The molecule has 0 aliphatic heterocycles. The maximum absolute atomic E-state index is 6.16. The predicted molar refractivity (Wildman–Crippen MR) is 95.7 cm³/mol. The molecule has 0 saturated heterocycles. The lowest BCUT2D eigenvalue weighted by Gasteiger charge is -2.05. The number of benzene rings is 1. The lowest BCUT2D eigenvalue weighted by molar-refractivity contribution is 0.954.